The Morgan fingerprint density at radius 2 is 2.10 bits per heavy atom. The molecule has 0 radical (unpaired) electrons. The van der Waals surface area contributed by atoms with Crippen molar-refractivity contribution in [2.75, 3.05) is 13.1 Å². The summed E-state index contributed by atoms with van der Waals surface area (Å²) in [5.74, 6) is 1.28. The van der Waals surface area contributed by atoms with Gasteiger partial charge in [-0.15, -0.1) is 0 Å². The highest BCUT2D eigenvalue weighted by Crippen LogP contribution is 2.25. The standard InChI is InChI=1S/C20H24N4O5/c1-20(2,3)28-19(25)24-8-5-14(6-9-24)26-12-17-22-18(23-29-17)16-10-13-11-21-7-4-15(13)27-16/h4,7,10-11,14H,5-6,8-9,12H2,1-3H3. The lowest BCUT2D eigenvalue weighted by atomic mass is 10.1. The van der Waals surface area contributed by atoms with Crippen LogP contribution >= 0.6 is 0 Å². The number of rotatable bonds is 4. The van der Waals surface area contributed by atoms with Gasteiger partial charge >= 0.3 is 6.09 Å². The third kappa shape index (κ3) is 4.73. The van der Waals surface area contributed by atoms with Crippen LogP contribution in [0.25, 0.3) is 22.6 Å². The van der Waals surface area contributed by atoms with Gasteiger partial charge in [-0.25, -0.2) is 4.79 Å². The number of pyridine rings is 1. The zero-order chi connectivity index (χ0) is 20.4. The van der Waals surface area contributed by atoms with E-state index in [1.807, 2.05) is 26.8 Å². The number of piperidine rings is 1. The first-order chi connectivity index (χ1) is 13.9. The van der Waals surface area contributed by atoms with Crippen molar-refractivity contribution in [3.8, 4) is 11.6 Å². The molecule has 0 saturated carbocycles. The van der Waals surface area contributed by atoms with Crippen molar-refractivity contribution in [2.45, 2.75) is 51.9 Å². The quantitative estimate of drug-likeness (QED) is 0.651. The van der Waals surface area contributed by atoms with Gasteiger partial charge in [0, 0.05) is 30.9 Å². The minimum Gasteiger partial charge on any atom is -0.452 e. The minimum absolute atomic E-state index is 0.0290. The average Bonchev–Trinajstić information content (AvgIpc) is 3.32. The van der Waals surface area contributed by atoms with Gasteiger partial charge in [-0.2, -0.15) is 4.98 Å². The van der Waals surface area contributed by atoms with Gasteiger partial charge in [0.1, 0.15) is 17.8 Å². The highest BCUT2D eigenvalue weighted by molar-refractivity contribution is 5.80. The number of ether oxygens (including phenoxy) is 2. The van der Waals surface area contributed by atoms with Crippen LogP contribution < -0.4 is 0 Å². The van der Waals surface area contributed by atoms with E-state index in [0.29, 0.717) is 36.1 Å². The number of amides is 1. The lowest BCUT2D eigenvalue weighted by Gasteiger charge is -2.33. The fourth-order valence-electron chi connectivity index (χ4n) is 3.13. The largest absolute Gasteiger partial charge is 0.452 e. The van der Waals surface area contributed by atoms with Crippen LogP contribution in [0.2, 0.25) is 0 Å². The maximum atomic E-state index is 12.1. The lowest BCUT2D eigenvalue weighted by Crippen LogP contribution is -2.43. The molecule has 0 bridgehead atoms. The van der Waals surface area contributed by atoms with Gasteiger partial charge in [0.15, 0.2) is 5.76 Å². The smallest absolute Gasteiger partial charge is 0.410 e. The Morgan fingerprint density at radius 3 is 2.83 bits per heavy atom. The van der Waals surface area contributed by atoms with Crippen LogP contribution in [-0.2, 0) is 16.1 Å². The zero-order valence-corrected chi connectivity index (χ0v) is 16.8. The van der Waals surface area contributed by atoms with Gasteiger partial charge in [-0.05, 0) is 45.7 Å². The van der Waals surface area contributed by atoms with E-state index in [0.717, 1.165) is 18.2 Å². The van der Waals surface area contributed by atoms with Gasteiger partial charge in [-0.3, -0.25) is 4.98 Å². The Kier molecular flexibility index (Phi) is 5.23. The first-order valence-corrected chi connectivity index (χ1v) is 9.63. The van der Waals surface area contributed by atoms with E-state index in [4.69, 9.17) is 18.4 Å². The van der Waals surface area contributed by atoms with E-state index in [1.54, 1.807) is 23.4 Å². The molecule has 9 nitrogen and oxygen atoms in total. The molecule has 1 aliphatic rings. The molecule has 4 heterocycles. The maximum absolute atomic E-state index is 12.1. The van der Waals surface area contributed by atoms with E-state index < -0.39 is 5.60 Å². The Balaban J connectivity index is 1.28. The highest BCUT2D eigenvalue weighted by atomic mass is 16.6. The number of hydrogen-bond acceptors (Lipinski definition) is 8. The van der Waals surface area contributed by atoms with Gasteiger partial charge in [0.2, 0.25) is 5.82 Å². The summed E-state index contributed by atoms with van der Waals surface area (Å²) in [5, 5.41) is 4.84. The molecule has 3 aromatic heterocycles. The van der Waals surface area contributed by atoms with Crippen LogP contribution in [-0.4, -0.2) is 50.9 Å². The second-order valence-electron chi connectivity index (χ2n) is 8.01. The SMILES string of the molecule is CC(C)(C)OC(=O)N1CCC(OCc2nc(-c3cc4cnccc4o3)no2)CC1. The predicted octanol–water partition coefficient (Wildman–Crippen LogP) is 3.79. The molecule has 0 aromatic carbocycles. The number of carbonyl (C=O) groups is 1. The van der Waals surface area contributed by atoms with Crippen LogP contribution in [0.5, 0.6) is 0 Å². The van der Waals surface area contributed by atoms with Crippen molar-refractivity contribution in [2.24, 2.45) is 0 Å². The molecule has 1 fully saturated rings. The molecular formula is C20H24N4O5. The van der Waals surface area contributed by atoms with Gasteiger partial charge < -0.3 is 23.3 Å². The van der Waals surface area contributed by atoms with Crippen molar-refractivity contribution in [3.05, 3.63) is 30.4 Å². The summed E-state index contributed by atoms with van der Waals surface area (Å²) in [7, 11) is 0. The first kappa shape index (κ1) is 19.4. The second kappa shape index (κ2) is 7.82. The van der Waals surface area contributed by atoms with Crippen molar-refractivity contribution in [1.29, 1.82) is 0 Å². The van der Waals surface area contributed by atoms with Crippen LogP contribution in [0, 0.1) is 0 Å². The molecular weight excluding hydrogens is 376 g/mol. The molecule has 1 amide bonds. The number of likely N-dealkylation sites (tertiary alicyclic amines) is 1. The third-order valence-corrected chi connectivity index (χ3v) is 4.54. The summed E-state index contributed by atoms with van der Waals surface area (Å²) in [4.78, 5) is 22.2. The fourth-order valence-corrected chi connectivity index (χ4v) is 3.13. The van der Waals surface area contributed by atoms with E-state index >= 15 is 0 Å². The number of carbonyl (C=O) groups excluding carboxylic acids is 1. The highest BCUT2D eigenvalue weighted by Gasteiger charge is 2.27. The fraction of sp³-hybridized carbons (Fsp3) is 0.500. The van der Waals surface area contributed by atoms with E-state index in [1.165, 1.54) is 0 Å². The summed E-state index contributed by atoms with van der Waals surface area (Å²) in [6.07, 6.45) is 4.60. The molecule has 1 aliphatic heterocycles. The number of hydrogen-bond donors (Lipinski definition) is 0. The summed E-state index contributed by atoms with van der Waals surface area (Å²) in [6.45, 7) is 7.00. The molecule has 0 spiro atoms. The number of furan rings is 1. The Morgan fingerprint density at radius 1 is 1.31 bits per heavy atom. The van der Waals surface area contributed by atoms with Crippen LogP contribution in [0.15, 0.2) is 33.5 Å². The average molecular weight is 400 g/mol. The van der Waals surface area contributed by atoms with Crippen molar-refractivity contribution < 1.29 is 23.2 Å². The third-order valence-electron chi connectivity index (χ3n) is 4.54. The van der Waals surface area contributed by atoms with Crippen molar-refractivity contribution in [1.82, 2.24) is 20.0 Å². The summed E-state index contributed by atoms with van der Waals surface area (Å²) in [6, 6.07) is 3.61. The second-order valence-corrected chi connectivity index (χ2v) is 8.01. The molecule has 3 aromatic rings. The monoisotopic (exact) mass is 400 g/mol. The molecule has 29 heavy (non-hydrogen) atoms. The van der Waals surface area contributed by atoms with E-state index in [2.05, 4.69) is 15.1 Å². The van der Waals surface area contributed by atoms with Crippen LogP contribution in [0.1, 0.15) is 39.5 Å². The minimum atomic E-state index is -0.490. The maximum Gasteiger partial charge on any atom is 0.410 e. The van der Waals surface area contributed by atoms with Gasteiger partial charge in [0.05, 0.1) is 6.10 Å². The zero-order valence-electron chi connectivity index (χ0n) is 16.8. The van der Waals surface area contributed by atoms with Crippen molar-refractivity contribution in [3.63, 3.8) is 0 Å². The summed E-state index contributed by atoms with van der Waals surface area (Å²) < 4.78 is 22.3. The molecule has 1 saturated heterocycles. The number of nitrogens with zero attached hydrogens (tertiary/aromatic N) is 4. The van der Waals surface area contributed by atoms with E-state index in [9.17, 15) is 4.79 Å². The molecule has 0 N–H and O–H groups in total. The van der Waals surface area contributed by atoms with Gasteiger partial charge in [-0.1, -0.05) is 5.16 Å². The van der Waals surface area contributed by atoms with Crippen LogP contribution in [0.4, 0.5) is 4.79 Å². The lowest BCUT2D eigenvalue weighted by molar-refractivity contribution is -0.0231. The first-order valence-electron chi connectivity index (χ1n) is 9.63. The molecule has 0 atom stereocenters. The van der Waals surface area contributed by atoms with Gasteiger partial charge in [0.25, 0.3) is 5.89 Å². The molecule has 4 rings (SSSR count). The van der Waals surface area contributed by atoms with E-state index in [-0.39, 0.29) is 18.8 Å². The molecule has 9 heteroatoms. The topological polar surface area (TPSA) is 104 Å². The Labute approximate surface area is 168 Å². The molecule has 0 unspecified atom stereocenters. The Hall–Kier alpha value is -2.94. The molecule has 0 aliphatic carbocycles. The predicted molar refractivity (Wildman–Crippen MR) is 103 cm³/mol. The van der Waals surface area contributed by atoms with Crippen LogP contribution in [0.3, 0.4) is 0 Å². The molecule has 154 valence electrons. The summed E-state index contributed by atoms with van der Waals surface area (Å²) >= 11 is 0. The summed E-state index contributed by atoms with van der Waals surface area (Å²) in [5.41, 5.74) is 0.227. The number of aromatic nitrogens is 3. The van der Waals surface area contributed by atoms with Crippen molar-refractivity contribution >= 4 is 17.1 Å². The normalized spacial score (nSPS) is 15.8. The number of fused-ring (bicyclic) bond motifs is 1. The Bertz CT molecular complexity index is 949.